The number of carbonyl (C=O) groups is 1. The van der Waals surface area contributed by atoms with Gasteiger partial charge in [0.2, 0.25) is 0 Å². The van der Waals surface area contributed by atoms with Gasteiger partial charge in [0.1, 0.15) is 34.7 Å². The standard InChI is InChI=1S/C43H42ClN7O5/c1-43(2,54)28-7-16-38(34(22-28)35-25-51(3)42(53)40-33(35)19-21-47-40)56-31-10-4-26(5-11-31)18-20-46-39-17-15-37(49-50-39)41(52)48-29-8-13-30(14-9-29)55-32-12-6-27(24-45)36(44)23-32/h4-7,10-12,15-17,19,21-23,25,29-30,47,54H,8-9,13-14,18,20H2,1-3H3,(H,46,50)(H,48,52)/t29-,30-. The van der Waals surface area contributed by atoms with Crippen LogP contribution in [0.4, 0.5) is 5.82 Å². The highest BCUT2D eigenvalue weighted by Gasteiger charge is 2.25. The molecule has 0 unspecified atom stereocenters. The van der Waals surface area contributed by atoms with Gasteiger partial charge in [0.05, 0.1) is 22.3 Å². The molecule has 56 heavy (non-hydrogen) atoms. The Labute approximate surface area is 329 Å². The number of nitriles is 1. The van der Waals surface area contributed by atoms with E-state index in [4.69, 9.17) is 26.3 Å². The summed E-state index contributed by atoms with van der Waals surface area (Å²) in [4.78, 5) is 28.7. The zero-order valence-electron chi connectivity index (χ0n) is 31.3. The highest BCUT2D eigenvalue weighted by Crippen LogP contribution is 2.39. The monoisotopic (exact) mass is 771 g/mol. The minimum absolute atomic E-state index is 0.0110. The van der Waals surface area contributed by atoms with E-state index >= 15 is 0 Å². The number of nitrogens with zero attached hydrogens (tertiary/aromatic N) is 4. The number of hydrogen-bond acceptors (Lipinski definition) is 9. The van der Waals surface area contributed by atoms with E-state index in [1.165, 1.54) is 4.57 Å². The van der Waals surface area contributed by atoms with Crippen molar-refractivity contribution in [1.29, 1.82) is 5.26 Å². The molecular weight excluding hydrogens is 730 g/mol. The predicted octanol–water partition coefficient (Wildman–Crippen LogP) is 7.64. The lowest BCUT2D eigenvalue weighted by atomic mass is 9.93. The first-order valence-electron chi connectivity index (χ1n) is 18.5. The quantitative estimate of drug-likeness (QED) is 0.0978. The minimum atomic E-state index is -1.08. The molecule has 0 atom stereocenters. The Balaban J connectivity index is 0.906. The molecule has 1 aliphatic carbocycles. The van der Waals surface area contributed by atoms with Crippen LogP contribution in [-0.2, 0) is 19.1 Å². The van der Waals surface area contributed by atoms with Crippen LogP contribution >= 0.6 is 11.6 Å². The van der Waals surface area contributed by atoms with Crippen LogP contribution in [0.1, 0.15) is 66.7 Å². The second-order valence-corrected chi connectivity index (χ2v) is 14.9. The Morgan fingerprint density at radius 1 is 1.00 bits per heavy atom. The number of hydrogen-bond donors (Lipinski definition) is 4. The summed E-state index contributed by atoms with van der Waals surface area (Å²) >= 11 is 6.14. The fourth-order valence-electron chi connectivity index (χ4n) is 6.86. The zero-order chi connectivity index (χ0) is 39.4. The topological polar surface area (TPSA) is 167 Å². The molecule has 286 valence electrons. The molecular formula is C43H42ClN7O5. The van der Waals surface area contributed by atoms with E-state index in [9.17, 15) is 14.7 Å². The highest BCUT2D eigenvalue weighted by molar-refractivity contribution is 6.31. The first-order chi connectivity index (χ1) is 26.9. The van der Waals surface area contributed by atoms with Gasteiger partial charge >= 0.3 is 0 Å². The van der Waals surface area contributed by atoms with Crippen LogP contribution < -0.4 is 25.7 Å². The van der Waals surface area contributed by atoms with Gasteiger partial charge in [0.15, 0.2) is 5.69 Å². The van der Waals surface area contributed by atoms with E-state index in [0.717, 1.165) is 53.3 Å². The highest BCUT2D eigenvalue weighted by atomic mass is 35.5. The normalized spacial score (nSPS) is 15.6. The number of aromatic amines is 1. The van der Waals surface area contributed by atoms with Crippen LogP contribution in [0.2, 0.25) is 5.02 Å². The van der Waals surface area contributed by atoms with Gasteiger partial charge in [-0.3, -0.25) is 9.59 Å². The Morgan fingerprint density at radius 2 is 1.77 bits per heavy atom. The molecule has 0 bridgehead atoms. The first kappa shape index (κ1) is 38.1. The first-order valence-corrected chi connectivity index (χ1v) is 18.9. The van der Waals surface area contributed by atoms with Crippen molar-refractivity contribution in [3.63, 3.8) is 0 Å². The van der Waals surface area contributed by atoms with Crippen LogP contribution in [0.3, 0.4) is 0 Å². The maximum absolute atomic E-state index is 12.9. The molecule has 12 nitrogen and oxygen atoms in total. The number of amides is 1. The zero-order valence-corrected chi connectivity index (χ0v) is 32.1. The van der Waals surface area contributed by atoms with Crippen LogP contribution in [-0.4, -0.2) is 49.5 Å². The number of rotatable bonds is 12. The summed E-state index contributed by atoms with van der Waals surface area (Å²) in [7, 11) is 1.71. The Morgan fingerprint density at radius 3 is 2.46 bits per heavy atom. The van der Waals surface area contributed by atoms with Gasteiger partial charge < -0.3 is 34.8 Å². The molecule has 1 aliphatic rings. The lowest BCUT2D eigenvalue weighted by Crippen LogP contribution is -2.40. The summed E-state index contributed by atoms with van der Waals surface area (Å²) < 4.78 is 14.0. The van der Waals surface area contributed by atoms with Gasteiger partial charge in [-0.2, -0.15) is 5.26 Å². The smallest absolute Gasteiger partial charge is 0.274 e. The summed E-state index contributed by atoms with van der Waals surface area (Å²) in [5.74, 6) is 2.17. The van der Waals surface area contributed by atoms with Crippen molar-refractivity contribution in [2.24, 2.45) is 7.05 Å². The van der Waals surface area contributed by atoms with Crippen molar-refractivity contribution >= 4 is 34.2 Å². The molecule has 0 aliphatic heterocycles. The summed E-state index contributed by atoms with van der Waals surface area (Å²) in [6.45, 7) is 4.07. The van der Waals surface area contributed by atoms with Crippen LogP contribution in [0, 0.1) is 11.3 Å². The number of nitrogens with one attached hydrogen (secondary N) is 3. The number of pyridine rings is 1. The lowest BCUT2D eigenvalue weighted by Gasteiger charge is -2.29. The van der Waals surface area contributed by atoms with Crippen molar-refractivity contribution in [1.82, 2.24) is 25.1 Å². The number of aromatic nitrogens is 4. The van der Waals surface area contributed by atoms with Crippen LogP contribution in [0.5, 0.6) is 17.2 Å². The van der Waals surface area contributed by atoms with E-state index in [0.29, 0.717) is 52.1 Å². The van der Waals surface area contributed by atoms with Crippen molar-refractivity contribution in [3.8, 4) is 34.4 Å². The van der Waals surface area contributed by atoms with Crippen molar-refractivity contribution in [2.75, 3.05) is 11.9 Å². The third kappa shape index (κ3) is 8.70. The third-order valence-corrected chi connectivity index (χ3v) is 10.3. The molecule has 6 aromatic rings. The molecule has 13 heteroatoms. The van der Waals surface area contributed by atoms with E-state index in [-0.39, 0.29) is 29.3 Å². The van der Waals surface area contributed by atoms with Crippen molar-refractivity contribution in [3.05, 3.63) is 129 Å². The lowest BCUT2D eigenvalue weighted by molar-refractivity contribution is 0.0786. The van der Waals surface area contributed by atoms with E-state index in [1.807, 2.05) is 54.6 Å². The Hall–Kier alpha value is -6.16. The maximum Gasteiger partial charge on any atom is 0.274 e. The van der Waals surface area contributed by atoms with Crippen molar-refractivity contribution < 1.29 is 19.4 Å². The molecule has 3 aromatic carbocycles. The number of ether oxygens (including phenoxy) is 2. The van der Waals surface area contributed by atoms with E-state index in [2.05, 4.69) is 25.8 Å². The number of fused-ring (bicyclic) bond motifs is 1. The number of anilines is 1. The summed E-state index contributed by atoms with van der Waals surface area (Å²) in [5.41, 5.74) is 3.32. The van der Waals surface area contributed by atoms with Gasteiger partial charge in [-0.1, -0.05) is 29.8 Å². The number of H-pyrrole nitrogens is 1. The number of aryl methyl sites for hydroxylation is 1. The number of aliphatic hydroxyl groups is 1. The molecule has 7 rings (SSSR count). The fourth-order valence-corrected chi connectivity index (χ4v) is 7.08. The average molecular weight is 772 g/mol. The molecule has 3 aromatic heterocycles. The van der Waals surface area contributed by atoms with Gasteiger partial charge in [-0.15, -0.1) is 10.2 Å². The average Bonchev–Trinajstić information content (AvgIpc) is 3.69. The second-order valence-electron chi connectivity index (χ2n) is 14.5. The summed E-state index contributed by atoms with van der Waals surface area (Å²) in [5, 5.41) is 35.7. The van der Waals surface area contributed by atoms with Gasteiger partial charge in [-0.25, -0.2) is 0 Å². The van der Waals surface area contributed by atoms with E-state index in [1.54, 1.807) is 63.6 Å². The Bertz CT molecular complexity index is 2460. The van der Waals surface area contributed by atoms with Crippen LogP contribution in [0.15, 0.2) is 96.1 Å². The third-order valence-electron chi connectivity index (χ3n) is 10.0. The molecule has 0 radical (unpaired) electrons. The van der Waals surface area contributed by atoms with Gasteiger partial charge in [0, 0.05) is 54.6 Å². The summed E-state index contributed by atoms with van der Waals surface area (Å²) in [6, 6.07) is 25.8. The second kappa shape index (κ2) is 16.3. The molecule has 1 saturated carbocycles. The summed E-state index contributed by atoms with van der Waals surface area (Å²) in [6.07, 6.45) is 7.36. The minimum Gasteiger partial charge on any atom is -0.490 e. The molecule has 0 spiro atoms. The van der Waals surface area contributed by atoms with E-state index < -0.39 is 5.60 Å². The van der Waals surface area contributed by atoms with Gasteiger partial charge in [-0.05, 0) is 112 Å². The van der Waals surface area contributed by atoms with Crippen molar-refractivity contribution in [2.45, 2.75) is 63.7 Å². The SMILES string of the molecule is Cn1cc(-c2cc(C(C)(C)O)ccc2Oc2ccc(CCNc3ccc(C(=O)N[C@H]4CC[C@H](Oc5ccc(C#N)c(Cl)c5)CC4)nn3)cc2)c2cc[nH]c2c1=O. The number of carbonyl (C=O) groups excluding carboxylic acids is 1. The number of benzene rings is 3. The molecule has 1 fully saturated rings. The molecule has 1 amide bonds. The molecule has 0 saturated heterocycles. The van der Waals surface area contributed by atoms with Gasteiger partial charge in [0.25, 0.3) is 11.5 Å². The van der Waals surface area contributed by atoms with Crippen LogP contribution in [0.25, 0.3) is 22.0 Å². The Kier molecular flexibility index (Phi) is 11.1. The largest absolute Gasteiger partial charge is 0.490 e. The fraction of sp³-hybridized carbons (Fsp3) is 0.279. The maximum atomic E-state index is 12.9. The predicted molar refractivity (Wildman–Crippen MR) is 215 cm³/mol. The molecule has 3 heterocycles. The number of halogens is 1. The molecule has 4 N–H and O–H groups in total.